The maximum Gasteiger partial charge on any atom is 0.277 e. The van der Waals surface area contributed by atoms with Crippen LogP contribution in [-0.2, 0) is 4.79 Å². The van der Waals surface area contributed by atoms with Crippen molar-refractivity contribution in [2.75, 3.05) is 11.9 Å². The number of carbonyl (C=O) groups is 1. The van der Waals surface area contributed by atoms with Crippen molar-refractivity contribution in [1.29, 1.82) is 0 Å². The molecule has 1 aliphatic heterocycles. The van der Waals surface area contributed by atoms with Crippen molar-refractivity contribution in [3.05, 3.63) is 59.2 Å². The molecule has 1 heterocycles. The first-order chi connectivity index (χ1) is 9.59. The summed E-state index contributed by atoms with van der Waals surface area (Å²) in [4.78, 5) is 18.7. The number of benzene rings is 2. The second-order valence-corrected chi connectivity index (χ2v) is 5.08. The number of hydrogen-bond acceptors (Lipinski definition) is 2. The van der Waals surface area contributed by atoms with Gasteiger partial charge in [0.1, 0.15) is 5.71 Å². The van der Waals surface area contributed by atoms with Gasteiger partial charge in [0.05, 0.1) is 11.4 Å². The van der Waals surface area contributed by atoms with Gasteiger partial charge in [-0.15, -0.1) is 0 Å². The number of anilines is 1. The summed E-state index contributed by atoms with van der Waals surface area (Å²) in [5.41, 5.74) is 5.40. The van der Waals surface area contributed by atoms with Crippen LogP contribution in [0.15, 0.2) is 47.5 Å². The standard InChI is InChI=1S/C17H16N2O/c1-11-7-6-8-12(2)15(11)18-16-13-9-4-5-10-14(13)19(3)17(16)20/h4-10H,1-3H3. The summed E-state index contributed by atoms with van der Waals surface area (Å²) in [6, 6.07) is 13.8. The Labute approximate surface area is 118 Å². The highest BCUT2D eigenvalue weighted by molar-refractivity contribution is 6.54. The number of para-hydroxylation sites is 2. The van der Waals surface area contributed by atoms with E-state index in [9.17, 15) is 4.79 Å². The van der Waals surface area contributed by atoms with Crippen LogP contribution < -0.4 is 4.90 Å². The Morgan fingerprint density at radius 3 is 2.30 bits per heavy atom. The Balaban J connectivity index is 2.20. The highest BCUT2D eigenvalue weighted by Gasteiger charge is 2.31. The quantitative estimate of drug-likeness (QED) is 0.777. The molecule has 0 unspecified atom stereocenters. The van der Waals surface area contributed by atoms with Crippen molar-refractivity contribution in [3.63, 3.8) is 0 Å². The minimum Gasteiger partial charge on any atom is -0.309 e. The Morgan fingerprint density at radius 1 is 0.950 bits per heavy atom. The number of aliphatic imine (C=N–C) groups is 1. The van der Waals surface area contributed by atoms with E-state index in [0.717, 1.165) is 28.1 Å². The van der Waals surface area contributed by atoms with Crippen LogP contribution in [0.2, 0.25) is 0 Å². The average Bonchev–Trinajstić information content (AvgIpc) is 2.68. The third-order valence-corrected chi connectivity index (χ3v) is 3.69. The molecule has 3 heteroatoms. The van der Waals surface area contributed by atoms with Gasteiger partial charge in [-0.25, -0.2) is 4.99 Å². The SMILES string of the molecule is Cc1cccc(C)c1N=C1C(=O)N(C)c2ccccc21. The Bertz CT molecular complexity index is 711. The molecule has 3 nitrogen and oxygen atoms in total. The van der Waals surface area contributed by atoms with E-state index in [1.165, 1.54) is 0 Å². The fourth-order valence-electron chi connectivity index (χ4n) is 2.55. The number of rotatable bonds is 1. The molecule has 1 aliphatic rings. The minimum atomic E-state index is -0.0474. The molecule has 0 atom stereocenters. The zero-order valence-corrected chi connectivity index (χ0v) is 11.8. The highest BCUT2D eigenvalue weighted by Crippen LogP contribution is 2.31. The molecule has 3 rings (SSSR count). The van der Waals surface area contributed by atoms with Crippen LogP contribution in [0.5, 0.6) is 0 Å². The molecule has 1 amide bonds. The highest BCUT2D eigenvalue weighted by atomic mass is 16.2. The topological polar surface area (TPSA) is 32.7 Å². The molecule has 0 saturated heterocycles. The van der Waals surface area contributed by atoms with E-state index in [1.54, 1.807) is 11.9 Å². The van der Waals surface area contributed by atoms with E-state index in [-0.39, 0.29) is 5.91 Å². The van der Waals surface area contributed by atoms with Crippen molar-refractivity contribution in [2.24, 2.45) is 4.99 Å². The normalized spacial score (nSPS) is 15.8. The second kappa shape index (κ2) is 4.60. The first kappa shape index (κ1) is 12.6. The van der Waals surface area contributed by atoms with E-state index in [0.29, 0.717) is 5.71 Å². The molecule has 0 spiro atoms. The van der Waals surface area contributed by atoms with Gasteiger partial charge < -0.3 is 4.90 Å². The van der Waals surface area contributed by atoms with Crippen LogP contribution in [0.3, 0.4) is 0 Å². The summed E-state index contributed by atoms with van der Waals surface area (Å²) >= 11 is 0. The zero-order chi connectivity index (χ0) is 14.3. The monoisotopic (exact) mass is 264 g/mol. The lowest BCUT2D eigenvalue weighted by molar-refractivity contribution is -0.111. The molecule has 0 aliphatic carbocycles. The third kappa shape index (κ3) is 1.83. The number of aryl methyl sites for hydroxylation is 2. The van der Waals surface area contributed by atoms with E-state index < -0.39 is 0 Å². The number of carbonyl (C=O) groups excluding carboxylic acids is 1. The van der Waals surface area contributed by atoms with Crippen LogP contribution in [0.1, 0.15) is 16.7 Å². The first-order valence-electron chi connectivity index (χ1n) is 6.62. The van der Waals surface area contributed by atoms with Crippen LogP contribution >= 0.6 is 0 Å². The van der Waals surface area contributed by atoms with E-state index >= 15 is 0 Å². The molecule has 20 heavy (non-hydrogen) atoms. The van der Waals surface area contributed by atoms with Gasteiger partial charge >= 0.3 is 0 Å². The maximum atomic E-state index is 12.4. The largest absolute Gasteiger partial charge is 0.309 e. The second-order valence-electron chi connectivity index (χ2n) is 5.08. The molecular weight excluding hydrogens is 248 g/mol. The summed E-state index contributed by atoms with van der Waals surface area (Å²) in [5, 5.41) is 0. The van der Waals surface area contributed by atoms with E-state index in [1.807, 2.05) is 56.3 Å². The first-order valence-corrected chi connectivity index (χ1v) is 6.62. The molecule has 0 N–H and O–H groups in total. The Kier molecular flexibility index (Phi) is 2.90. The van der Waals surface area contributed by atoms with Gasteiger partial charge in [-0.3, -0.25) is 4.79 Å². The van der Waals surface area contributed by atoms with Gasteiger partial charge in [-0.05, 0) is 31.0 Å². The zero-order valence-electron chi connectivity index (χ0n) is 11.8. The van der Waals surface area contributed by atoms with Gasteiger partial charge in [0.25, 0.3) is 5.91 Å². The van der Waals surface area contributed by atoms with Crippen molar-refractivity contribution in [2.45, 2.75) is 13.8 Å². The molecule has 0 saturated carbocycles. The van der Waals surface area contributed by atoms with E-state index in [2.05, 4.69) is 4.99 Å². The summed E-state index contributed by atoms with van der Waals surface area (Å²) < 4.78 is 0. The van der Waals surface area contributed by atoms with Gasteiger partial charge in [-0.1, -0.05) is 36.4 Å². The van der Waals surface area contributed by atoms with Gasteiger partial charge in [0, 0.05) is 12.6 Å². The van der Waals surface area contributed by atoms with Crippen LogP contribution in [0.25, 0.3) is 0 Å². The molecule has 0 bridgehead atoms. The van der Waals surface area contributed by atoms with Crippen molar-refractivity contribution in [3.8, 4) is 0 Å². The van der Waals surface area contributed by atoms with Crippen molar-refractivity contribution in [1.82, 2.24) is 0 Å². The number of fused-ring (bicyclic) bond motifs is 1. The lowest BCUT2D eigenvalue weighted by atomic mass is 10.1. The minimum absolute atomic E-state index is 0.0474. The van der Waals surface area contributed by atoms with Crippen molar-refractivity contribution >= 4 is 23.0 Å². The predicted molar refractivity (Wildman–Crippen MR) is 82.0 cm³/mol. The van der Waals surface area contributed by atoms with Gasteiger partial charge in [-0.2, -0.15) is 0 Å². The van der Waals surface area contributed by atoms with Gasteiger partial charge in [0.15, 0.2) is 0 Å². The van der Waals surface area contributed by atoms with Crippen LogP contribution in [-0.4, -0.2) is 18.7 Å². The Morgan fingerprint density at radius 2 is 1.60 bits per heavy atom. The summed E-state index contributed by atoms with van der Waals surface area (Å²) in [6.07, 6.45) is 0. The maximum absolute atomic E-state index is 12.4. The van der Waals surface area contributed by atoms with Crippen molar-refractivity contribution < 1.29 is 4.79 Å². The number of nitrogens with zero attached hydrogens (tertiary/aromatic N) is 2. The predicted octanol–water partition coefficient (Wildman–Crippen LogP) is 3.40. The fourth-order valence-corrected chi connectivity index (χ4v) is 2.55. The van der Waals surface area contributed by atoms with Crippen LogP contribution in [0.4, 0.5) is 11.4 Å². The molecule has 0 radical (unpaired) electrons. The molecule has 100 valence electrons. The summed E-state index contributed by atoms with van der Waals surface area (Å²) in [7, 11) is 1.79. The lowest BCUT2D eigenvalue weighted by Gasteiger charge is -2.08. The molecule has 2 aromatic rings. The van der Waals surface area contributed by atoms with Gasteiger partial charge in [0.2, 0.25) is 0 Å². The number of hydrogen-bond donors (Lipinski definition) is 0. The third-order valence-electron chi connectivity index (χ3n) is 3.69. The fraction of sp³-hybridized carbons (Fsp3) is 0.176. The Hall–Kier alpha value is -2.42. The lowest BCUT2D eigenvalue weighted by Crippen LogP contribution is -2.25. The smallest absolute Gasteiger partial charge is 0.277 e. The summed E-state index contributed by atoms with van der Waals surface area (Å²) in [5.74, 6) is -0.0474. The molecular formula is C17H16N2O. The molecule has 0 aromatic heterocycles. The molecule has 2 aromatic carbocycles. The van der Waals surface area contributed by atoms with Crippen LogP contribution in [0, 0.1) is 13.8 Å². The number of likely N-dealkylation sites (N-methyl/N-ethyl adjacent to an activating group) is 1. The average molecular weight is 264 g/mol. The molecule has 0 fully saturated rings. The van der Waals surface area contributed by atoms with E-state index in [4.69, 9.17) is 0 Å². The number of amides is 1. The summed E-state index contributed by atoms with van der Waals surface area (Å²) in [6.45, 7) is 4.03.